The van der Waals surface area contributed by atoms with Crippen LogP contribution in [0.3, 0.4) is 0 Å². The molecule has 56 heavy (non-hydrogen) atoms. The smallest absolute Gasteiger partial charge is 0.336 e. The summed E-state index contributed by atoms with van der Waals surface area (Å²) in [5, 5.41) is 10.2. The van der Waals surface area contributed by atoms with Crippen molar-refractivity contribution in [1.82, 2.24) is 0 Å². The molecule has 1 rings (SSSR count). The Labute approximate surface area is 352 Å². The van der Waals surface area contributed by atoms with Crippen molar-refractivity contribution in [1.29, 1.82) is 0 Å². The fourth-order valence-electron chi connectivity index (χ4n) is 9.15. The minimum Gasteiger partial charge on any atom is -0.453 e. The Morgan fingerprint density at radius 1 is 0.393 bits per heavy atom. The summed E-state index contributed by atoms with van der Waals surface area (Å²) in [4.78, 5) is 11.6. The summed E-state index contributed by atoms with van der Waals surface area (Å²) in [5.41, 5.74) is -0.558. The van der Waals surface area contributed by atoms with Crippen molar-refractivity contribution < 1.29 is 14.6 Å². The molecule has 0 aromatic rings. The second-order valence-electron chi connectivity index (χ2n) is 18.9. The Hall–Kier alpha value is -0.830. The van der Waals surface area contributed by atoms with Crippen LogP contribution in [0.1, 0.15) is 309 Å². The maximum atomic E-state index is 11.6. The third kappa shape index (κ3) is 33.1. The van der Waals surface area contributed by atoms with Crippen molar-refractivity contribution in [2.75, 3.05) is 0 Å². The zero-order valence-electron chi connectivity index (χ0n) is 38.6. The van der Waals surface area contributed by atoms with Crippen LogP contribution in [0.15, 0.2) is 12.2 Å². The summed E-state index contributed by atoms with van der Waals surface area (Å²) in [6, 6.07) is 0. The molecular weight excluding hydrogens is 685 g/mol. The molecule has 0 radical (unpaired) electrons. The van der Waals surface area contributed by atoms with Crippen molar-refractivity contribution in [2.24, 2.45) is 0 Å². The molecule has 1 N–H and O–H groups in total. The minimum atomic E-state index is -0.850. The van der Waals surface area contributed by atoms with E-state index >= 15 is 0 Å². The number of hydrogen-bond acceptors (Lipinski definition) is 3. The summed E-state index contributed by atoms with van der Waals surface area (Å²) >= 11 is 0. The first kappa shape index (κ1) is 53.2. The van der Waals surface area contributed by atoms with Gasteiger partial charge in [-0.25, -0.2) is 4.79 Å². The Balaban J connectivity index is 1.63. The zero-order valence-corrected chi connectivity index (χ0v) is 38.6. The molecule has 0 aromatic heterocycles. The SMILES string of the molecule is C=C1C(=O)OC(C)(CCCCCCCCCCCCCCCCCCCCCCCCCCCCCCCCCCCCCCCCCCCCCCC)C1O. The van der Waals surface area contributed by atoms with E-state index in [4.69, 9.17) is 4.74 Å². The highest BCUT2D eigenvalue weighted by molar-refractivity contribution is 5.92. The summed E-state index contributed by atoms with van der Waals surface area (Å²) < 4.78 is 5.37. The molecule has 2 unspecified atom stereocenters. The summed E-state index contributed by atoms with van der Waals surface area (Å²) in [7, 11) is 0. The van der Waals surface area contributed by atoms with Crippen LogP contribution in [0.2, 0.25) is 0 Å². The molecule has 0 aromatic carbocycles. The van der Waals surface area contributed by atoms with Gasteiger partial charge < -0.3 is 9.84 Å². The minimum absolute atomic E-state index is 0.208. The predicted octanol–water partition coefficient (Wildman–Crippen LogP) is 18.2. The van der Waals surface area contributed by atoms with E-state index in [1.807, 2.05) is 6.92 Å². The molecule has 332 valence electrons. The van der Waals surface area contributed by atoms with Crippen LogP contribution >= 0.6 is 0 Å². The molecule has 0 spiro atoms. The topological polar surface area (TPSA) is 46.5 Å². The molecule has 1 aliphatic heterocycles. The lowest BCUT2D eigenvalue weighted by molar-refractivity contribution is -0.149. The van der Waals surface area contributed by atoms with Gasteiger partial charge in [0, 0.05) is 0 Å². The van der Waals surface area contributed by atoms with Crippen molar-refractivity contribution in [3.05, 3.63) is 12.2 Å². The first-order chi connectivity index (χ1) is 27.5. The van der Waals surface area contributed by atoms with Gasteiger partial charge in [-0.15, -0.1) is 0 Å². The van der Waals surface area contributed by atoms with Gasteiger partial charge in [0.25, 0.3) is 0 Å². The fourth-order valence-corrected chi connectivity index (χ4v) is 9.15. The van der Waals surface area contributed by atoms with Crippen LogP contribution in [-0.2, 0) is 9.53 Å². The Kier molecular flexibility index (Phi) is 38.9. The van der Waals surface area contributed by atoms with Gasteiger partial charge in [0.05, 0.1) is 5.57 Å². The average Bonchev–Trinajstić information content (AvgIpc) is 3.39. The number of aliphatic hydroxyl groups excluding tert-OH is 1. The lowest BCUT2D eigenvalue weighted by atomic mass is 9.90. The first-order valence-electron chi connectivity index (χ1n) is 26.1. The zero-order chi connectivity index (χ0) is 40.5. The van der Waals surface area contributed by atoms with E-state index in [1.54, 1.807) is 0 Å². The third-order valence-electron chi connectivity index (χ3n) is 13.3. The van der Waals surface area contributed by atoms with Gasteiger partial charge in [0.2, 0.25) is 0 Å². The number of carbonyl (C=O) groups is 1. The number of carbonyl (C=O) groups excluding carboxylic acids is 1. The maximum Gasteiger partial charge on any atom is 0.336 e. The van der Waals surface area contributed by atoms with Gasteiger partial charge in [-0.2, -0.15) is 0 Å². The Morgan fingerprint density at radius 3 is 0.732 bits per heavy atom. The third-order valence-corrected chi connectivity index (χ3v) is 13.3. The maximum absolute atomic E-state index is 11.6. The second kappa shape index (κ2) is 40.9. The van der Waals surface area contributed by atoms with Crippen molar-refractivity contribution >= 4 is 5.97 Å². The van der Waals surface area contributed by atoms with Crippen LogP contribution in [-0.4, -0.2) is 22.8 Å². The fraction of sp³-hybridized carbons (Fsp3) is 0.943. The van der Waals surface area contributed by atoms with E-state index in [0.717, 1.165) is 19.3 Å². The van der Waals surface area contributed by atoms with Crippen LogP contribution in [0.5, 0.6) is 0 Å². The number of esters is 1. The molecule has 0 aliphatic carbocycles. The van der Waals surface area contributed by atoms with Crippen molar-refractivity contribution in [3.8, 4) is 0 Å². The Bertz CT molecular complexity index is 837. The quantitative estimate of drug-likeness (QED) is 0.0380. The molecule has 1 saturated heterocycles. The van der Waals surface area contributed by atoms with E-state index in [9.17, 15) is 9.90 Å². The Morgan fingerprint density at radius 2 is 0.571 bits per heavy atom. The van der Waals surface area contributed by atoms with Gasteiger partial charge >= 0.3 is 5.97 Å². The molecular formula is C53H102O3. The number of rotatable bonds is 46. The molecule has 3 nitrogen and oxygen atoms in total. The normalized spacial score (nSPS) is 17.0. The van der Waals surface area contributed by atoms with Gasteiger partial charge in [-0.3, -0.25) is 0 Å². The number of unbranched alkanes of at least 4 members (excludes halogenated alkanes) is 44. The standard InChI is InChI=1S/C53H102O3/c1-4-5-6-7-8-9-10-11-12-13-14-15-16-17-18-19-20-21-22-23-24-25-26-27-28-29-30-31-32-33-34-35-36-37-38-39-40-41-42-43-44-45-46-47-48-49-53(3)51(54)50(2)52(55)56-53/h51,54H,2,4-49H2,1,3H3. The molecule has 0 amide bonds. The highest BCUT2D eigenvalue weighted by atomic mass is 16.6. The molecule has 0 bridgehead atoms. The van der Waals surface area contributed by atoms with Gasteiger partial charge in [0.15, 0.2) is 0 Å². The predicted molar refractivity (Wildman–Crippen MR) is 248 cm³/mol. The van der Waals surface area contributed by atoms with Gasteiger partial charge in [-0.05, 0) is 19.8 Å². The average molecular weight is 787 g/mol. The van der Waals surface area contributed by atoms with E-state index in [0.29, 0.717) is 0 Å². The molecule has 3 heteroatoms. The number of hydrogen-bond donors (Lipinski definition) is 1. The van der Waals surface area contributed by atoms with E-state index in [-0.39, 0.29) is 5.57 Å². The van der Waals surface area contributed by atoms with Crippen molar-refractivity contribution in [2.45, 2.75) is 321 Å². The summed E-state index contributed by atoms with van der Waals surface area (Å²) in [6.45, 7) is 7.79. The highest BCUT2D eigenvalue weighted by Gasteiger charge is 2.47. The molecule has 1 heterocycles. The molecule has 2 atom stereocenters. The largest absolute Gasteiger partial charge is 0.453 e. The van der Waals surface area contributed by atoms with E-state index in [1.165, 1.54) is 276 Å². The van der Waals surface area contributed by atoms with E-state index < -0.39 is 17.7 Å². The summed E-state index contributed by atoms with van der Waals surface area (Å²) in [5.74, 6) is -0.438. The number of cyclic esters (lactones) is 1. The molecule has 1 fully saturated rings. The van der Waals surface area contributed by atoms with Crippen LogP contribution in [0.25, 0.3) is 0 Å². The van der Waals surface area contributed by atoms with E-state index in [2.05, 4.69) is 13.5 Å². The second-order valence-corrected chi connectivity index (χ2v) is 18.9. The van der Waals surface area contributed by atoms with Crippen LogP contribution in [0.4, 0.5) is 0 Å². The molecule has 0 saturated carbocycles. The lowest BCUT2D eigenvalue weighted by Crippen LogP contribution is -2.36. The highest BCUT2D eigenvalue weighted by Crippen LogP contribution is 2.34. The number of ether oxygens (including phenoxy) is 1. The first-order valence-corrected chi connectivity index (χ1v) is 26.1. The van der Waals surface area contributed by atoms with Crippen molar-refractivity contribution in [3.63, 3.8) is 0 Å². The monoisotopic (exact) mass is 787 g/mol. The molecule has 1 aliphatic rings. The lowest BCUT2D eigenvalue weighted by Gasteiger charge is -2.25. The van der Waals surface area contributed by atoms with Gasteiger partial charge in [-0.1, -0.05) is 296 Å². The van der Waals surface area contributed by atoms with Crippen LogP contribution < -0.4 is 0 Å². The van der Waals surface area contributed by atoms with Crippen LogP contribution in [0, 0.1) is 0 Å². The summed E-state index contributed by atoms with van der Waals surface area (Å²) in [6.07, 6.45) is 64.4. The van der Waals surface area contributed by atoms with Gasteiger partial charge in [0.1, 0.15) is 11.7 Å². The number of aliphatic hydroxyl groups is 1.